The molecular weight excluding hydrogens is 466 g/mol. The van der Waals surface area contributed by atoms with Gasteiger partial charge in [-0.1, -0.05) is 41.9 Å². The van der Waals surface area contributed by atoms with Crippen LogP contribution >= 0.6 is 11.6 Å². The second-order valence-electron chi connectivity index (χ2n) is 6.84. The number of halogens is 1. The molecule has 4 rings (SSSR count). The van der Waals surface area contributed by atoms with Gasteiger partial charge in [0.15, 0.2) is 17.2 Å². The molecule has 0 unspecified atom stereocenters. The van der Waals surface area contributed by atoms with Crippen molar-refractivity contribution >= 4 is 39.7 Å². The van der Waals surface area contributed by atoms with E-state index >= 15 is 0 Å². The lowest BCUT2D eigenvalue weighted by Crippen LogP contribution is -2.10. The van der Waals surface area contributed by atoms with Gasteiger partial charge in [-0.05, 0) is 61.0 Å². The van der Waals surface area contributed by atoms with Crippen molar-refractivity contribution in [1.82, 2.24) is 0 Å². The molecule has 0 radical (unpaired) electrons. The van der Waals surface area contributed by atoms with Crippen molar-refractivity contribution < 1.29 is 26.9 Å². The maximum absolute atomic E-state index is 12.6. The van der Waals surface area contributed by atoms with Crippen molar-refractivity contribution in [3.63, 3.8) is 0 Å². The van der Waals surface area contributed by atoms with E-state index < -0.39 is 16.1 Å². The Labute approximate surface area is 196 Å². The van der Waals surface area contributed by atoms with E-state index in [-0.39, 0.29) is 34.6 Å². The molecule has 0 atom stereocenters. The standard InChI is InChI=1S/C24H18ClNO6S/c1-2-30-22-14-16(11-12-21(22)32-33(28,29)19-9-4-3-5-10-19)13-20-24(27)31-23(26-20)17-7-6-8-18(25)15-17/h3-15H,2H2,1H3/b20-13+. The number of ether oxygens (including phenoxy) is 2. The second kappa shape index (κ2) is 9.48. The molecule has 7 nitrogen and oxygen atoms in total. The minimum atomic E-state index is -4.04. The number of esters is 1. The zero-order chi connectivity index (χ0) is 23.4. The maximum Gasteiger partial charge on any atom is 0.363 e. The third-order valence-corrected chi connectivity index (χ3v) is 5.98. The molecule has 1 aliphatic rings. The number of hydrogen-bond acceptors (Lipinski definition) is 7. The molecular formula is C24H18ClNO6S. The van der Waals surface area contributed by atoms with Crippen LogP contribution in [0.25, 0.3) is 6.08 Å². The van der Waals surface area contributed by atoms with E-state index in [1.165, 1.54) is 24.3 Å². The van der Waals surface area contributed by atoms with Gasteiger partial charge in [-0.25, -0.2) is 9.79 Å². The summed E-state index contributed by atoms with van der Waals surface area (Å²) in [7, 11) is -4.04. The van der Waals surface area contributed by atoms with E-state index in [0.29, 0.717) is 16.1 Å². The smallest absolute Gasteiger partial charge is 0.363 e. The molecule has 33 heavy (non-hydrogen) atoms. The Morgan fingerprint density at radius 1 is 1.00 bits per heavy atom. The average Bonchev–Trinajstić information content (AvgIpc) is 3.16. The van der Waals surface area contributed by atoms with Crippen LogP contribution in [0.2, 0.25) is 5.02 Å². The van der Waals surface area contributed by atoms with Crippen LogP contribution in [0, 0.1) is 0 Å². The van der Waals surface area contributed by atoms with Crippen LogP contribution in [0.1, 0.15) is 18.1 Å². The van der Waals surface area contributed by atoms with Gasteiger partial charge < -0.3 is 13.7 Å². The Kier molecular flexibility index (Phi) is 6.48. The third kappa shape index (κ3) is 5.24. The summed E-state index contributed by atoms with van der Waals surface area (Å²) in [5.41, 5.74) is 1.20. The quantitative estimate of drug-likeness (QED) is 0.271. The van der Waals surface area contributed by atoms with Gasteiger partial charge in [-0.3, -0.25) is 0 Å². The topological polar surface area (TPSA) is 91.3 Å². The number of cyclic esters (lactones) is 1. The second-order valence-corrected chi connectivity index (χ2v) is 8.82. The van der Waals surface area contributed by atoms with Crippen molar-refractivity contribution in [3.05, 3.63) is 94.6 Å². The van der Waals surface area contributed by atoms with Gasteiger partial charge in [-0.15, -0.1) is 0 Å². The van der Waals surface area contributed by atoms with Gasteiger partial charge in [0.05, 0.1) is 6.61 Å². The predicted molar refractivity (Wildman–Crippen MR) is 124 cm³/mol. The van der Waals surface area contributed by atoms with Crippen molar-refractivity contribution in [2.45, 2.75) is 11.8 Å². The Morgan fingerprint density at radius 3 is 2.52 bits per heavy atom. The van der Waals surface area contributed by atoms with Crippen LogP contribution in [0.4, 0.5) is 0 Å². The fourth-order valence-electron chi connectivity index (χ4n) is 3.02. The first kappa shape index (κ1) is 22.6. The number of carbonyl (C=O) groups excluding carboxylic acids is 1. The van der Waals surface area contributed by atoms with E-state index in [9.17, 15) is 13.2 Å². The molecule has 0 amide bonds. The number of carbonyl (C=O) groups is 1. The lowest BCUT2D eigenvalue weighted by atomic mass is 10.1. The number of hydrogen-bond donors (Lipinski definition) is 0. The van der Waals surface area contributed by atoms with Crippen LogP contribution in [0.15, 0.2) is 88.4 Å². The minimum Gasteiger partial charge on any atom is -0.490 e. The summed E-state index contributed by atoms with van der Waals surface area (Å²) >= 11 is 5.99. The summed E-state index contributed by atoms with van der Waals surface area (Å²) in [5, 5.41) is 0.492. The van der Waals surface area contributed by atoms with Crippen molar-refractivity contribution in [1.29, 1.82) is 0 Å². The van der Waals surface area contributed by atoms with Crippen molar-refractivity contribution in [2.24, 2.45) is 4.99 Å². The van der Waals surface area contributed by atoms with Crippen LogP contribution in [0.5, 0.6) is 11.5 Å². The van der Waals surface area contributed by atoms with Crippen LogP contribution in [-0.2, 0) is 19.6 Å². The minimum absolute atomic E-state index is 0.0234. The molecule has 3 aromatic rings. The van der Waals surface area contributed by atoms with Gasteiger partial charge in [0.25, 0.3) is 0 Å². The van der Waals surface area contributed by atoms with E-state index in [4.69, 9.17) is 25.3 Å². The molecule has 0 saturated heterocycles. The molecule has 0 spiro atoms. The highest BCUT2D eigenvalue weighted by atomic mass is 35.5. The van der Waals surface area contributed by atoms with Gasteiger partial charge in [-0.2, -0.15) is 8.42 Å². The summed E-state index contributed by atoms with van der Waals surface area (Å²) in [4.78, 5) is 16.6. The highest BCUT2D eigenvalue weighted by Gasteiger charge is 2.25. The molecule has 3 aromatic carbocycles. The fourth-order valence-corrected chi connectivity index (χ4v) is 4.17. The summed E-state index contributed by atoms with van der Waals surface area (Å²) in [6.45, 7) is 2.04. The molecule has 0 bridgehead atoms. The zero-order valence-electron chi connectivity index (χ0n) is 17.4. The van der Waals surface area contributed by atoms with Gasteiger partial charge in [0.2, 0.25) is 5.90 Å². The van der Waals surface area contributed by atoms with Gasteiger partial charge in [0.1, 0.15) is 4.90 Å². The average molecular weight is 484 g/mol. The SMILES string of the molecule is CCOc1cc(/C=C2/N=C(c3cccc(Cl)c3)OC2=O)ccc1OS(=O)(=O)c1ccccc1. The lowest BCUT2D eigenvalue weighted by Gasteiger charge is -2.12. The Morgan fingerprint density at radius 2 is 1.79 bits per heavy atom. The molecule has 0 N–H and O–H groups in total. The number of aliphatic imine (C=N–C) groups is 1. The van der Waals surface area contributed by atoms with E-state index in [1.54, 1.807) is 61.5 Å². The van der Waals surface area contributed by atoms with E-state index in [1.807, 2.05) is 0 Å². The third-order valence-electron chi connectivity index (χ3n) is 4.49. The molecule has 1 aliphatic heterocycles. The first-order valence-corrected chi connectivity index (χ1v) is 11.7. The monoisotopic (exact) mass is 483 g/mol. The predicted octanol–water partition coefficient (Wildman–Crippen LogP) is 4.85. The first-order valence-electron chi connectivity index (χ1n) is 9.90. The van der Waals surface area contributed by atoms with Crippen LogP contribution in [0.3, 0.4) is 0 Å². The molecule has 9 heteroatoms. The van der Waals surface area contributed by atoms with Gasteiger partial charge >= 0.3 is 16.1 Å². The zero-order valence-corrected chi connectivity index (χ0v) is 19.0. The largest absolute Gasteiger partial charge is 0.490 e. The van der Waals surface area contributed by atoms with Gasteiger partial charge in [0, 0.05) is 10.6 Å². The summed E-state index contributed by atoms with van der Waals surface area (Å²) in [6.07, 6.45) is 1.51. The first-order chi connectivity index (χ1) is 15.9. The van der Waals surface area contributed by atoms with Crippen LogP contribution < -0.4 is 8.92 Å². The molecule has 0 saturated carbocycles. The van der Waals surface area contributed by atoms with Crippen molar-refractivity contribution in [3.8, 4) is 11.5 Å². The van der Waals surface area contributed by atoms with E-state index in [2.05, 4.69) is 4.99 Å². The highest BCUT2D eigenvalue weighted by molar-refractivity contribution is 7.87. The summed E-state index contributed by atoms with van der Waals surface area (Å²) < 4.78 is 41.3. The van der Waals surface area contributed by atoms with Crippen LogP contribution in [-0.4, -0.2) is 26.9 Å². The maximum atomic E-state index is 12.6. The summed E-state index contributed by atoms with van der Waals surface area (Å²) in [5.74, 6) is -0.237. The number of benzene rings is 3. The molecule has 0 aromatic heterocycles. The molecule has 1 heterocycles. The molecule has 0 aliphatic carbocycles. The number of rotatable bonds is 7. The van der Waals surface area contributed by atoms with Crippen molar-refractivity contribution in [2.75, 3.05) is 6.61 Å². The Hall–Kier alpha value is -3.62. The summed E-state index contributed by atoms with van der Waals surface area (Å²) in [6, 6.07) is 19.2. The molecule has 0 fully saturated rings. The normalized spacial score (nSPS) is 14.7. The Bertz CT molecular complexity index is 1370. The Balaban J connectivity index is 1.64. The highest BCUT2D eigenvalue weighted by Crippen LogP contribution is 2.32. The number of nitrogens with zero attached hydrogens (tertiary/aromatic N) is 1. The molecule has 168 valence electrons. The fraction of sp³-hybridized carbons (Fsp3) is 0.0833. The lowest BCUT2D eigenvalue weighted by molar-refractivity contribution is -0.129. The van der Waals surface area contributed by atoms with E-state index in [0.717, 1.165) is 0 Å².